The molecule has 3 aliphatic rings. The number of fused-ring (bicyclic) bond motifs is 1. The van der Waals surface area contributed by atoms with Crippen molar-refractivity contribution in [2.45, 2.75) is 56.4 Å². The van der Waals surface area contributed by atoms with Crippen LogP contribution in [-0.4, -0.2) is 33.8 Å². The summed E-state index contributed by atoms with van der Waals surface area (Å²) in [4.78, 5) is 31.4. The number of rotatable bonds is 6. The Morgan fingerprint density at radius 3 is 2.46 bits per heavy atom. The lowest BCUT2D eigenvalue weighted by atomic mass is 9.99. The van der Waals surface area contributed by atoms with E-state index in [0.717, 1.165) is 24.4 Å². The van der Waals surface area contributed by atoms with E-state index in [0.29, 0.717) is 31.7 Å². The highest BCUT2D eigenvalue weighted by Gasteiger charge is 2.56. The molecule has 4 atom stereocenters. The van der Waals surface area contributed by atoms with E-state index in [1.54, 1.807) is 0 Å². The quantitative estimate of drug-likeness (QED) is 0.569. The van der Waals surface area contributed by atoms with Gasteiger partial charge in [0.1, 0.15) is 17.6 Å². The highest BCUT2D eigenvalue weighted by atomic mass is 19.4. The average molecular weight is 497 g/mol. The summed E-state index contributed by atoms with van der Waals surface area (Å²) in [6.45, 7) is 0. The number of piperidine rings is 1. The third-order valence-electron chi connectivity index (χ3n) is 6.95. The van der Waals surface area contributed by atoms with Gasteiger partial charge in [-0.05, 0) is 61.8 Å². The lowest BCUT2D eigenvalue weighted by Gasteiger charge is -2.29. The first-order chi connectivity index (χ1) is 16.5. The van der Waals surface area contributed by atoms with Crippen molar-refractivity contribution in [2.75, 3.05) is 0 Å². The van der Waals surface area contributed by atoms with Crippen LogP contribution in [0.25, 0.3) is 0 Å². The number of carbonyl (C=O) groups excluding carboxylic acids is 2. The van der Waals surface area contributed by atoms with Gasteiger partial charge in [-0.2, -0.15) is 13.2 Å². The normalized spacial score (nSPS) is 24.3. The van der Waals surface area contributed by atoms with Crippen LogP contribution in [0, 0.1) is 17.7 Å². The van der Waals surface area contributed by atoms with E-state index in [-0.39, 0.29) is 29.0 Å². The maximum atomic E-state index is 14.7. The van der Waals surface area contributed by atoms with Crippen molar-refractivity contribution in [3.05, 3.63) is 64.7 Å². The second-order valence-electron chi connectivity index (χ2n) is 9.35. The van der Waals surface area contributed by atoms with Gasteiger partial charge in [-0.1, -0.05) is 6.07 Å². The molecular weight excluding hydrogens is 476 g/mol. The second-order valence-corrected chi connectivity index (χ2v) is 9.35. The van der Waals surface area contributed by atoms with Crippen molar-refractivity contribution in [3.63, 3.8) is 0 Å². The highest BCUT2D eigenvalue weighted by molar-refractivity contribution is 5.98. The Labute approximate surface area is 196 Å². The summed E-state index contributed by atoms with van der Waals surface area (Å²) < 4.78 is 79.6. The Morgan fingerprint density at radius 1 is 1.09 bits per heavy atom. The molecule has 2 saturated carbocycles. The number of benzene rings is 1. The molecule has 1 aromatic heterocycles. The molecule has 1 saturated heterocycles. The minimum atomic E-state index is -4.69. The zero-order valence-electron chi connectivity index (χ0n) is 18.2. The molecule has 11 heteroatoms. The first-order valence-electron chi connectivity index (χ1n) is 11.3. The van der Waals surface area contributed by atoms with Crippen molar-refractivity contribution >= 4 is 11.8 Å². The van der Waals surface area contributed by atoms with Crippen LogP contribution in [0.15, 0.2) is 36.5 Å². The maximum absolute atomic E-state index is 14.7. The number of carbonyl (C=O) groups is 2. The smallest absolute Gasteiger partial charge is 0.347 e. The fourth-order valence-electron chi connectivity index (χ4n) is 4.92. The topological polar surface area (TPSA) is 62.3 Å². The van der Waals surface area contributed by atoms with Crippen molar-refractivity contribution in [2.24, 2.45) is 11.8 Å². The molecule has 0 bridgehead atoms. The molecule has 3 fully saturated rings. The molecule has 2 heterocycles. The fourth-order valence-corrected chi connectivity index (χ4v) is 4.92. The number of halogens is 6. The third-order valence-corrected chi connectivity index (χ3v) is 6.95. The standard InChI is InChI=1S/C24H21F6N3O2/c25-16-10-14(24(28,29)30)3-4-15(16)20(11-1-2-11)32-22(34)19-9-13-8-18(13)33(19)23(35)12-5-6-31-17(7-12)21(26)27/h3-7,10-11,13,18-21H,1-2,8-9H2,(H,32,34)/t13-,18-,19-,20?/m1/s1. The van der Waals surface area contributed by atoms with Gasteiger partial charge in [0.05, 0.1) is 11.6 Å². The lowest BCUT2D eigenvalue weighted by Crippen LogP contribution is -2.49. The Kier molecular flexibility index (Phi) is 5.76. The first kappa shape index (κ1) is 23.6. The van der Waals surface area contributed by atoms with E-state index < -0.39 is 53.6 Å². The van der Waals surface area contributed by atoms with Crippen LogP contribution >= 0.6 is 0 Å². The number of hydrogen-bond donors (Lipinski definition) is 1. The minimum Gasteiger partial charge on any atom is -0.347 e. The van der Waals surface area contributed by atoms with E-state index in [1.807, 2.05) is 0 Å². The molecule has 35 heavy (non-hydrogen) atoms. The molecule has 2 amide bonds. The van der Waals surface area contributed by atoms with Crippen molar-refractivity contribution < 1.29 is 35.9 Å². The third kappa shape index (κ3) is 4.60. The van der Waals surface area contributed by atoms with Crippen LogP contribution in [0.5, 0.6) is 0 Å². The van der Waals surface area contributed by atoms with Crippen LogP contribution < -0.4 is 5.32 Å². The van der Waals surface area contributed by atoms with E-state index in [9.17, 15) is 35.9 Å². The first-order valence-corrected chi connectivity index (χ1v) is 11.3. The number of nitrogens with one attached hydrogen (secondary N) is 1. The van der Waals surface area contributed by atoms with E-state index in [2.05, 4.69) is 10.3 Å². The number of pyridine rings is 1. The molecule has 186 valence electrons. The average Bonchev–Trinajstić information content (AvgIpc) is 3.74. The van der Waals surface area contributed by atoms with Gasteiger partial charge in [0, 0.05) is 23.4 Å². The summed E-state index contributed by atoms with van der Waals surface area (Å²) in [6, 6.07) is 2.65. The molecular formula is C24H21F6N3O2. The summed E-state index contributed by atoms with van der Waals surface area (Å²) in [5, 5.41) is 2.76. The SMILES string of the molecule is O=C(NC(c1ccc(C(F)(F)F)cc1F)C1CC1)[C@H]1C[C@H]2C[C@H]2N1C(=O)c1ccnc(C(F)F)c1. The predicted octanol–water partition coefficient (Wildman–Crippen LogP) is 5.05. The highest BCUT2D eigenvalue weighted by Crippen LogP contribution is 2.49. The summed E-state index contributed by atoms with van der Waals surface area (Å²) in [7, 11) is 0. The molecule has 2 aliphatic carbocycles. The van der Waals surface area contributed by atoms with Gasteiger partial charge in [-0.3, -0.25) is 14.6 Å². The number of amides is 2. The molecule has 0 radical (unpaired) electrons. The number of alkyl halides is 5. The summed E-state index contributed by atoms with van der Waals surface area (Å²) in [6.07, 6.45) is -4.01. The van der Waals surface area contributed by atoms with Crippen LogP contribution in [0.2, 0.25) is 0 Å². The van der Waals surface area contributed by atoms with Crippen molar-refractivity contribution in [3.8, 4) is 0 Å². The molecule has 1 aromatic carbocycles. The fraction of sp³-hybridized carbons (Fsp3) is 0.458. The summed E-state index contributed by atoms with van der Waals surface area (Å²) in [5.41, 5.74) is -1.71. The van der Waals surface area contributed by atoms with Crippen molar-refractivity contribution in [1.82, 2.24) is 15.2 Å². The Bertz CT molecular complexity index is 1170. The van der Waals surface area contributed by atoms with Crippen LogP contribution in [0.3, 0.4) is 0 Å². The molecule has 1 aliphatic heterocycles. The zero-order valence-corrected chi connectivity index (χ0v) is 18.2. The molecule has 1 unspecified atom stereocenters. The van der Waals surface area contributed by atoms with E-state index in [1.165, 1.54) is 11.0 Å². The second kappa shape index (κ2) is 8.53. The van der Waals surface area contributed by atoms with Gasteiger partial charge < -0.3 is 10.2 Å². The number of hydrogen-bond acceptors (Lipinski definition) is 3. The number of aromatic nitrogens is 1. The Hall–Kier alpha value is -3.11. The van der Waals surface area contributed by atoms with Gasteiger partial charge in [-0.25, -0.2) is 13.2 Å². The van der Waals surface area contributed by atoms with E-state index >= 15 is 0 Å². The van der Waals surface area contributed by atoms with Crippen molar-refractivity contribution in [1.29, 1.82) is 0 Å². The Balaban J connectivity index is 1.36. The zero-order chi connectivity index (χ0) is 25.1. The Morgan fingerprint density at radius 2 is 1.83 bits per heavy atom. The predicted molar refractivity (Wildman–Crippen MR) is 111 cm³/mol. The van der Waals surface area contributed by atoms with Gasteiger partial charge in [-0.15, -0.1) is 0 Å². The van der Waals surface area contributed by atoms with Gasteiger partial charge >= 0.3 is 6.18 Å². The lowest BCUT2D eigenvalue weighted by molar-refractivity contribution is -0.137. The van der Waals surface area contributed by atoms with Gasteiger partial charge in [0.2, 0.25) is 5.91 Å². The van der Waals surface area contributed by atoms with Gasteiger partial charge in [0.25, 0.3) is 12.3 Å². The summed E-state index contributed by atoms with van der Waals surface area (Å²) >= 11 is 0. The number of likely N-dealkylation sites (tertiary alicyclic amines) is 1. The van der Waals surface area contributed by atoms with Crippen LogP contribution in [0.4, 0.5) is 26.3 Å². The largest absolute Gasteiger partial charge is 0.416 e. The molecule has 1 N–H and O–H groups in total. The van der Waals surface area contributed by atoms with Crippen LogP contribution in [0.1, 0.15) is 65.3 Å². The maximum Gasteiger partial charge on any atom is 0.416 e. The monoisotopic (exact) mass is 497 g/mol. The molecule has 2 aromatic rings. The number of nitrogens with zero attached hydrogens (tertiary/aromatic N) is 2. The molecule has 5 rings (SSSR count). The summed E-state index contributed by atoms with van der Waals surface area (Å²) in [5.74, 6) is -2.18. The van der Waals surface area contributed by atoms with Gasteiger partial charge in [0.15, 0.2) is 0 Å². The minimum absolute atomic E-state index is 0.00632. The van der Waals surface area contributed by atoms with Crippen LogP contribution in [-0.2, 0) is 11.0 Å². The molecule has 0 spiro atoms. The molecule has 5 nitrogen and oxygen atoms in total. The van der Waals surface area contributed by atoms with E-state index in [4.69, 9.17) is 0 Å².